The lowest BCUT2D eigenvalue weighted by Gasteiger charge is -2.32. The van der Waals surface area contributed by atoms with E-state index in [4.69, 9.17) is 4.74 Å². The number of ether oxygens (including phenoxy) is 1. The Morgan fingerprint density at radius 2 is 2.12 bits per heavy atom. The Morgan fingerprint density at radius 1 is 1.31 bits per heavy atom. The molecule has 0 saturated carbocycles. The molecular formula is C17H21FN4O4. The van der Waals surface area contributed by atoms with E-state index in [0.29, 0.717) is 32.7 Å². The minimum absolute atomic E-state index is 0.0198. The van der Waals surface area contributed by atoms with E-state index in [2.05, 4.69) is 10.6 Å². The number of carbonyl (C=O) groups is 3. The van der Waals surface area contributed by atoms with Crippen molar-refractivity contribution in [2.24, 2.45) is 0 Å². The number of halogens is 1. The molecule has 2 heterocycles. The second-order valence-corrected chi connectivity index (χ2v) is 6.10. The van der Waals surface area contributed by atoms with Crippen molar-refractivity contribution in [1.82, 2.24) is 20.4 Å². The summed E-state index contributed by atoms with van der Waals surface area (Å²) in [4.78, 5) is 39.2. The molecular weight excluding hydrogens is 343 g/mol. The molecule has 2 N–H and O–H groups in total. The summed E-state index contributed by atoms with van der Waals surface area (Å²) in [5.41, 5.74) is -0.0198. The highest BCUT2D eigenvalue weighted by atomic mass is 19.1. The zero-order valence-corrected chi connectivity index (χ0v) is 14.2. The predicted octanol–water partition coefficient (Wildman–Crippen LogP) is -0.192. The van der Waals surface area contributed by atoms with Crippen molar-refractivity contribution in [3.63, 3.8) is 0 Å². The molecule has 8 nitrogen and oxygen atoms in total. The van der Waals surface area contributed by atoms with Crippen LogP contribution in [0.15, 0.2) is 24.3 Å². The van der Waals surface area contributed by atoms with Crippen molar-refractivity contribution in [2.45, 2.75) is 6.10 Å². The second-order valence-electron chi connectivity index (χ2n) is 6.10. The average Bonchev–Trinajstić information content (AvgIpc) is 3.06. The van der Waals surface area contributed by atoms with Crippen LogP contribution < -0.4 is 10.6 Å². The van der Waals surface area contributed by atoms with Crippen LogP contribution in [-0.4, -0.2) is 79.6 Å². The highest BCUT2D eigenvalue weighted by molar-refractivity contribution is 5.95. The lowest BCUT2D eigenvalue weighted by Crippen LogP contribution is -2.52. The van der Waals surface area contributed by atoms with E-state index in [9.17, 15) is 18.8 Å². The molecule has 9 heteroatoms. The van der Waals surface area contributed by atoms with E-state index in [1.54, 1.807) is 11.0 Å². The number of urea groups is 1. The van der Waals surface area contributed by atoms with Gasteiger partial charge in [-0.3, -0.25) is 9.59 Å². The molecule has 0 unspecified atom stereocenters. The lowest BCUT2D eigenvalue weighted by atomic mass is 10.1. The highest BCUT2D eigenvalue weighted by Gasteiger charge is 2.30. The van der Waals surface area contributed by atoms with E-state index >= 15 is 0 Å². The summed E-state index contributed by atoms with van der Waals surface area (Å²) >= 11 is 0. The van der Waals surface area contributed by atoms with Crippen molar-refractivity contribution >= 4 is 17.8 Å². The van der Waals surface area contributed by atoms with Crippen molar-refractivity contribution in [3.8, 4) is 0 Å². The standard InChI is InChI=1S/C17H21FN4O4/c18-13-4-2-1-3-12(13)16(24)22-9-10-26-14(11-22)15(23)19-5-7-21-8-6-20-17(21)25/h1-4,14H,5-11H2,(H,19,23)(H,20,25)/t14-/m1/s1. The summed E-state index contributed by atoms with van der Waals surface area (Å²) in [7, 11) is 0. The van der Waals surface area contributed by atoms with Gasteiger partial charge in [-0.05, 0) is 12.1 Å². The fraction of sp³-hybridized carbons (Fsp3) is 0.471. The Balaban J connectivity index is 1.51. The van der Waals surface area contributed by atoms with Crippen LogP contribution in [0.3, 0.4) is 0 Å². The molecule has 0 bridgehead atoms. The summed E-state index contributed by atoms with van der Waals surface area (Å²) in [5, 5.41) is 5.40. The largest absolute Gasteiger partial charge is 0.365 e. The quantitative estimate of drug-likeness (QED) is 0.758. The highest BCUT2D eigenvalue weighted by Crippen LogP contribution is 2.13. The van der Waals surface area contributed by atoms with E-state index < -0.39 is 17.8 Å². The fourth-order valence-electron chi connectivity index (χ4n) is 2.95. The van der Waals surface area contributed by atoms with Gasteiger partial charge in [-0.1, -0.05) is 12.1 Å². The van der Waals surface area contributed by atoms with Crippen LogP contribution in [0.1, 0.15) is 10.4 Å². The number of nitrogens with one attached hydrogen (secondary N) is 2. The van der Waals surface area contributed by atoms with Gasteiger partial charge in [-0.15, -0.1) is 0 Å². The van der Waals surface area contributed by atoms with Crippen LogP contribution in [0.4, 0.5) is 9.18 Å². The molecule has 1 aromatic rings. The first-order valence-corrected chi connectivity index (χ1v) is 8.52. The van der Waals surface area contributed by atoms with Gasteiger partial charge < -0.3 is 25.2 Å². The normalized spacial score (nSPS) is 20.0. The minimum atomic E-state index is -0.813. The molecule has 0 aliphatic carbocycles. The SMILES string of the molecule is O=C(NCCN1CCNC1=O)[C@H]1CN(C(=O)c2ccccc2F)CCO1. The minimum Gasteiger partial charge on any atom is -0.365 e. The Kier molecular flexibility index (Phi) is 5.67. The lowest BCUT2D eigenvalue weighted by molar-refractivity contribution is -0.137. The maximum absolute atomic E-state index is 13.8. The predicted molar refractivity (Wildman–Crippen MR) is 90.0 cm³/mol. The van der Waals surface area contributed by atoms with Crippen LogP contribution in [0.25, 0.3) is 0 Å². The van der Waals surface area contributed by atoms with E-state index in [-0.39, 0.29) is 30.7 Å². The Morgan fingerprint density at radius 3 is 2.85 bits per heavy atom. The number of amides is 4. The number of rotatable bonds is 5. The Hall–Kier alpha value is -2.68. The third kappa shape index (κ3) is 4.10. The first kappa shape index (κ1) is 18.1. The van der Waals surface area contributed by atoms with Gasteiger partial charge in [0.2, 0.25) is 0 Å². The molecule has 1 aromatic carbocycles. The third-order valence-corrected chi connectivity index (χ3v) is 4.38. The maximum atomic E-state index is 13.8. The van der Waals surface area contributed by atoms with Crippen LogP contribution in [0.5, 0.6) is 0 Å². The van der Waals surface area contributed by atoms with Gasteiger partial charge in [-0.2, -0.15) is 0 Å². The zero-order chi connectivity index (χ0) is 18.5. The van der Waals surface area contributed by atoms with E-state index in [1.165, 1.54) is 23.1 Å². The molecule has 1 atom stereocenters. The van der Waals surface area contributed by atoms with Gasteiger partial charge in [0, 0.05) is 32.7 Å². The zero-order valence-electron chi connectivity index (χ0n) is 14.2. The fourth-order valence-corrected chi connectivity index (χ4v) is 2.95. The number of morpholine rings is 1. The van der Waals surface area contributed by atoms with Gasteiger partial charge in [0.1, 0.15) is 5.82 Å². The summed E-state index contributed by atoms with van der Waals surface area (Å²) in [6.45, 7) is 2.47. The van der Waals surface area contributed by atoms with Crippen molar-refractivity contribution in [1.29, 1.82) is 0 Å². The van der Waals surface area contributed by atoms with Crippen molar-refractivity contribution < 1.29 is 23.5 Å². The molecule has 0 aromatic heterocycles. The van der Waals surface area contributed by atoms with Crippen LogP contribution in [0, 0.1) is 5.82 Å². The van der Waals surface area contributed by atoms with Crippen molar-refractivity contribution in [2.75, 3.05) is 45.9 Å². The van der Waals surface area contributed by atoms with Gasteiger partial charge in [0.25, 0.3) is 11.8 Å². The Labute approximate surface area is 150 Å². The number of benzene rings is 1. The molecule has 2 aliphatic heterocycles. The number of nitrogens with zero attached hydrogens (tertiary/aromatic N) is 2. The molecule has 0 spiro atoms. The molecule has 140 valence electrons. The van der Waals surface area contributed by atoms with Gasteiger partial charge in [0.05, 0.1) is 18.7 Å². The van der Waals surface area contributed by atoms with Crippen molar-refractivity contribution in [3.05, 3.63) is 35.6 Å². The maximum Gasteiger partial charge on any atom is 0.317 e. The molecule has 0 radical (unpaired) electrons. The molecule has 2 fully saturated rings. The van der Waals surface area contributed by atoms with Gasteiger partial charge >= 0.3 is 6.03 Å². The summed E-state index contributed by atoms with van der Waals surface area (Å²) in [6, 6.07) is 5.61. The number of hydrogen-bond donors (Lipinski definition) is 2. The van der Waals surface area contributed by atoms with Gasteiger partial charge in [0.15, 0.2) is 6.10 Å². The van der Waals surface area contributed by atoms with Crippen LogP contribution in [-0.2, 0) is 9.53 Å². The molecule has 4 amide bonds. The topological polar surface area (TPSA) is 91.0 Å². The second kappa shape index (κ2) is 8.13. The summed E-state index contributed by atoms with van der Waals surface area (Å²) in [5.74, 6) is -1.40. The van der Waals surface area contributed by atoms with E-state index in [0.717, 1.165) is 0 Å². The third-order valence-electron chi connectivity index (χ3n) is 4.38. The smallest absolute Gasteiger partial charge is 0.317 e. The van der Waals surface area contributed by atoms with Gasteiger partial charge in [-0.25, -0.2) is 9.18 Å². The summed E-state index contributed by atoms with van der Waals surface area (Å²) in [6.07, 6.45) is -0.813. The first-order chi connectivity index (χ1) is 12.6. The number of hydrogen-bond acceptors (Lipinski definition) is 4. The monoisotopic (exact) mass is 364 g/mol. The molecule has 3 rings (SSSR count). The van der Waals surface area contributed by atoms with E-state index in [1.807, 2.05) is 0 Å². The average molecular weight is 364 g/mol. The first-order valence-electron chi connectivity index (χ1n) is 8.52. The molecule has 2 saturated heterocycles. The van der Waals surface area contributed by atoms with Crippen LogP contribution >= 0.6 is 0 Å². The Bertz CT molecular complexity index is 699. The van der Waals surface area contributed by atoms with Crippen LogP contribution in [0.2, 0.25) is 0 Å². The summed E-state index contributed by atoms with van der Waals surface area (Å²) < 4.78 is 19.2. The molecule has 2 aliphatic rings. The number of carbonyl (C=O) groups excluding carboxylic acids is 3. The molecule has 26 heavy (non-hydrogen) atoms.